The minimum atomic E-state index is -4.32. The van der Waals surface area contributed by atoms with Crippen LogP contribution in [0.3, 0.4) is 0 Å². The highest BCUT2D eigenvalue weighted by molar-refractivity contribution is 5.70. The second-order valence-electron chi connectivity index (χ2n) is 11.4. The molecule has 196 valence electrons. The summed E-state index contributed by atoms with van der Waals surface area (Å²) < 4.78 is 51.6. The minimum Gasteiger partial charge on any atom is -0.373 e. The van der Waals surface area contributed by atoms with Gasteiger partial charge >= 0.3 is 6.18 Å². The van der Waals surface area contributed by atoms with Gasteiger partial charge in [0, 0.05) is 31.3 Å². The van der Waals surface area contributed by atoms with Crippen molar-refractivity contribution >= 4 is 11.2 Å². The van der Waals surface area contributed by atoms with E-state index in [9.17, 15) is 22.8 Å². The standard InChI is InChI=1S/C25H27F3N6O3/c1-13-30-20-19(21(35)32(13)2)31-18(22(36)34(20)24-10-23(11-24,12-24)25(26,27)28)14-5-6-37-17(7-14)15-8-29-33(9-15)16-3-4-16/h8-9,14,16-17H,3-7,10-12H2,1-2H3/t14-,17+,23?,24?/m0/s1. The summed E-state index contributed by atoms with van der Waals surface area (Å²) in [4.78, 5) is 36.2. The molecule has 5 aliphatic rings. The van der Waals surface area contributed by atoms with Crippen molar-refractivity contribution in [1.29, 1.82) is 0 Å². The zero-order chi connectivity index (χ0) is 25.9. The average Bonchev–Trinajstić information content (AvgIpc) is 3.53. The van der Waals surface area contributed by atoms with Crippen LogP contribution in [0.25, 0.3) is 11.2 Å². The maximum absolute atomic E-state index is 14.0. The largest absolute Gasteiger partial charge is 0.394 e. The highest BCUT2D eigenvalue weighted by Gasteiger charge is 2.79. The van der Waals surface area contributed by atoms with Gasteiger partial charge in [-0.2, -0.15) is 18.3 Å². The summed E-state index contributed by atoms with van der Waals surface area (Å²) in [5, 5.41) is 4.45. The van der Waals surface area contributed by atoms with Gasteiger partial charge in [-0.3, -0.25) is 23.4 Å². The van der Waals surface area contributed by atoms with Crippen LogP contribution in [0, 0.1) is 12.3 Å². The Morgan fingerprint density at radius 3 is 2.49 bits per heavy atom. The maximum Gasteiger partial charge on any atom is 0.394 e. The van der Waals surface area contributed by atoms with Gasteiger partial charge in [0.1, 0.15) is 11.5 Å². The Hall–Kier alpha value is -3.02. The molecule has 12 heteroatoms. The first-order valence-corrected chi connectivity index (χ1v) is 12.8. The van der Waals surface area contributed by atoms with Crippen LogP contribution in [0.2, 0.25) is 0 Å². The third-order valence-corrected chi connectivity index (χ3v) is 9.00. The molecule has 0 aromatic carbocycles. The molecular formula is C25H27F3N6O3. The number of alkyl halides is 3. The van der Waals surface area contributed by atoms with E-state index in [0.29, 0.717) is 31.3 Å². The van der Waals surface area contributed by atoms with Gasteiger partial charge in [-0.05, 0) is 51.9 Å². The number of fused-ring (bicyclic) bond motifs is 1. The zero-order valence-electron chi connectivity index (χ0n) is 20.6. The molecule has 1 saturated heterocycles. The Morgan fingerprint density at radius 1 is 1.08 bits per heavy atom. The lowest BCUT2D eigenvalue weighted by Gasteiger charge is -2.70. The molecule has 3 aromatic rings. The first-order valence-electron chi connectivity index (χ1n) is 12.8. The number of nitrogens with zero attached hydrogens (tertiary/aromatic N) is 6. The fraction of sp³-hybridized carbons (Fsp3) is 0.640. The zero-order valence-corrected chi connectivity index (χ0v) is 20.6. The summed E-state index contributed by atoms with van der Waals surface area (Å²) in [7, 11) is 1.57. The quantitative estimate of drug-likeness (QED) is 0.527. The van der Waals surface area contributed by atoms with Gasteiger partial charge in [-0.25, -0.2) is 9.97 Å². The first-order chi connectivity index (χ1) is 17.5. The number of rotatable bonds is 4. The van der Waals surface area contributed by atoms with Crippen molar-refractivity contribution in [2.75, 3.05) is 6.61 Å². The molecule has 0 N–H and O–H groups in total. The molecule has 0 amide bonds. The van der Waals surface area contributed by atoms with E-state index in [1.54, 1.807) is 20.2 Å². The molecule has 2 bridgehead atoms. The fourth-order valence-electron chi connectivity index (χ4n) is 6.63. The van der Waals surface area contributed by atoms with E-state index in [2.05, 4.69) is 15.1 Å². The predicted molar refractivity (Wildman–Crippen MR) is 125 cm³/mol. The van der Waals surface area contributed by atoms with E-state index >= 15 is 0 Å². The highest BCUT2D eigenvalue weighted by atomic mass is 19.4. The molecule has 4 aliphatic carbocycles. The average molecular weight is 517 g/mol. The van der Waals surface area contributed by atoms with E-state index in [1.165, 1.54) is 9.13 Å². The van der Waals surface area contributed by atoms with Crippen LogP contribution in [-0.4, -0.2) is 41.7 Å². The summed E-state index contributed by atoms with van der Waals surface area (Å²) >= 11 is 0. The SMILES string of the molecule is Cc1nc2c(nc([C@H]3CCO[C@@H](c4cnn(C5CC5)c4)C3)c(=O)n2C23CC(C(F)(F)F)(C2)C3)c(=O)n1C. The summed E-state index contributed by atoms with van der Waals surface area (Å²) in [5.41, 5.74) is -2.34. The Kier molecular flexibility index (Phi) is 4.56. The van der Waals surface area contributed by atoms with Crippen molar-refractivity contribution in [3.63, 3.8) is 0 Å². The van der Waals surface area contributed by atoms with E-state index in [0.717, 1.165) is 18.4 Å². The van der Waals surface area contributed by atoms with Crippen molar-refractivity contribution in [3.05, 3.63) is 50.2 Å². The lowest BCUT2D eigenvalue weighted by Crippen LogP contribution is -2.74. The van der Waals surface area contributed by atoms with E-state index < -0.39 is 28.2 Å². The predicted octanol–water partition coefficient (Wildman–Crippen LogP) is 3.41. The normalized spacial score (nSPS) is 31.3. The van der Waals surface area contributed by atoms with Crippen LogP contribution in [0.15, 0.2) is 22.0 Å². The van der Waals surface area contributed by atoms with E-state index in [4.69, 9.17) is 4.74 Å². The number of aryl methyl sites for hydroxylation is 1. The summed E-state index contributed by atoms with van der Waals surface area (Å²) in [6, 6.07) is 0.433. The third kappa shape index (κ3) is 3.17. The molecule has 0 unspecified atom stereocenters. The molecular weight excluding hydrogens is 489 g/mol. The lowest BCUT2D eigenvalue weighted by molar-refractivity contribution is -0.354. The van der Waals surface area contributed by atoms with Crippen molar-refractivity contribution in [3.8, 4) is 0 Å². The fourth-order valence-corrected chi connectivity index (χ4v) is 6.63. The van der Waals surface area contributed by atoms with Gasteiger partial charge in [0.05, 0.1) is 29.3 Å². The molecule has 9 nitrogen and oxygen atoms in total. The Bertz CT molecular complexity index is 1550. The Morgan fingerprint density at radius 2 is 1.81 bits per heavy atom. The van der Waals surface area contributed by atoms with Crippen LogP contribution in [-0.2, 0) is 17.3 Å². The second-order valence-corrected chi connectivity index (χ2v) is 11.4. The third-order valence-electron chi connectivity index (χ3n) is 9.00. The van der Waals surface area contributed by atoms with Crippen molar-refractivity contribution < 1.29 is 17.9 Å². The van der Waals surface area contributed by atoms with Gasteiger partial charge in [0.2, 0.25) is 0 Å². The summed E-state index contributed by atoms with van der Waals surface area (Å²) in [6.07, 6.45) is 1.88. The number of hydrogen-bond acceptors (Lipinski definition) is 6. The second kappa shape index (κ2) is 7.30. The summed E-state index contributed by atoms with van der Waals surface area (Å²) in [6.45, 7) is 2.03. The number of hydrogen-bond donors (Lipinski definition) is 0. The van der Waals surface area contributed by atoms with Gasteiger partial charge < -0.3 is 4.74 Å². The molecule has 0 spiro atoms. The van der Waals surface area contributed by atoms with Gasteiger partial charge in [0.15, 0.2) is 11.2 Å². The number of aromatic nitrogens is 6. The van der Waals surface area contributed by atoms with Crippen molar-refractivity contribution in [2.24, 2.45) is 12.5 Å². The van der Waals surface area contributed by atoms with Gasteiger partial charge in [-0.1, -0.05) is 0 Å². The van der Waals surface area contributed by atoms with Crippen LogP contribution >= 0.6 is 0 Å². The van der Waals surface area contributed by atoms with Gasteiger partial charge in [0.25, 0.3) is 11.1 Å². The van der Waals surface area contributed by atoms with E-state index in [-0.39, 0.29) is 48.1 Å². The number of ether oxygens (including phenoxy) is 1. The smallest absolute Gasteiger partial charge is 0.373 e. The highest BCUT2D eigenvalue weighted by Crippen LogP contribution is 2.76. The van der Waals surface area contributed by atoms with Crippen molar-refractivity contribution in [1.82, 2.24) is 28.9 Å². The molecule has 4 saturated carbocycles. The molecule has 8 rings (SSSR count). The maximum atomic E-state index is 14.0. The van der Waals surface area contributed by atoms with Crippen LogP contribution < -0.4 is 11.1 Å². The first kappa shape index (κ1) is 23.1. The molecule has 3 aromatic heterocycles. The molecule has 0 radical (unpaired) electrons. The monoisotopic (exact) mass is 516 g/mol. The van der Waals surface area contributed by atoms with Crippen LogP contribution in [0.5, 0.6) is 0 Å². The minimum absolute atomic E-state index is 0.0260. The van der Waals surface area contributed by atoms with E-state index in [1.807, 2.05) is 10.9 Å². The molecule has 5 fully saturated rings. The van der Waals surface area contributed by atoms with Crippen molar-refractivity contribution in [2.45, 2.75) is 81.6 Å². The lowest BCUT2D eigenvalue weighted by atomic mass is 9.39. The molecule has 4 heterocycles. The van der Waals surface area contributed by atoms with Crippen LogP contribution in [0.4, 0.5) is 13.2 Å². The summed E-state index contributed by atoms with van der Waals surface area (Å²) in [5.74, 6) is 0.0669. The molecule has 2 atom stereocenters. The molecule has 1 aliphatic heterocycles. The van der Waals surface area contributed by atoms with Gasteiger partial charge in [-0.15, -0.1) is 0 Å². The Labute approximate surface area is 209 Å². The topological polar surface area (TPSA) is 96.8 Å². The number of halogens is 3. The Balaban J connectivity index is 1.32. The van der Waals surface area contributed by atoms with Crippen LogP contribution in [0.1, 0.15) is 80.1 Å². The molecule has 37 heavy (non-hydrogen) atoms.